The molecule has 0 radical (unpaired) electrons. The van der Waals surface area contributed by atoms with E-state index in [1.54, 1.807) is 24.3 Å². The van der Waals surface area contributed by atoms with Gasteiger partial charge in [-0.05, 0) is 66.7 Å². The summed E-state index contributed by atoms with van der Waals surface area (Å²) < 4.78 is 49.7. The molecule has 2 aromatic carbocycles. The summed E-state index contributed by atoms with van der Waals surface area (Å²) in [5, 5.41) is 0. The van der Waals surface area contributed by atoms with Crippen LogP contribution in [-0.4, -0.2) is 0 Å². The van der Waals surface area contributed by atoms with Gasteiger partial charge in [0.15, 0.2) is 11.6 Å². The average Bonchev–Trinajstić information content (AvgIpc) is 2.77. The number of hydrogen-bond donors (Lipinski definition) is 0. The molecule has 1 nitrogen and oxygen atoms in total. The molecule has 1 saturated carbocycles. The average molecular weight is 431 g/mol. The van der Waals surface area contributed by atoms with Crippen molar-refractivity contribution >= 4 is 0 Å². The van der Waals surface area contributed by atoms with Crippen LogP contribution in [0.4, 0.5) is 13.2 Å². The maximum Gasteiger partial charge on any atom is 0.427 e. The van der Waals surface area contributed by atoms with Gasteiger partial charge in [-0.25, -0.2) is 4.39 Å². The van der Waals surface area contributed by atoms with E-state index in [4.69, 9.17) is 4.74 Å². The third-order valence-corrected chi connectivity index (χ3v) is 7.11. The molecule has 0 aromatic heterocycles. The summed E-state index contributed by atoms with van der Waals surface area (Å²) in [6.45, 7) is 4.16. The predicted molar refractivity (Wildman–Crippen MR) is 119 cm³/mol. The monoisotopic (exact) mass is 430 g/mol. The van der Waals surface area contributed by atoms with Crippen molar-refractivity contribution in [2.45, 2.75) is 90.1 Å². The molecule has 0 spiro atoms. The van der Waals surface area contributed by atoms with Crippen molar-refractivity contribution in [3.63, 3.8) is 0 Å². The number of aryl methyl sites for hydroxylation is 1. The first-order valence-corrected chi connectivity index (χ1v) is 12.0. The van der Waals surface area contributed by atoms with Gasteiger partial charge in [-0.3, -0.25) is 0 Å². The van der Waals surface area contributed by atoms with Crippen molar-refractivity contribution < 1.29 is 17.9 Å². The van der Waals surface area contributed by atoms with Gasteiger partial charge in [0.05, 0.1) is 5.56 Å². The summed E-state index contributed by atoms with van der Waals surface area (Å²) in [6.07, 6.45) is 7.29. The number of alkyl halides is 2. The van der Waals surface area contributed by atoms with Gasteiger partial charge in [-0.2, -0.15) is 8.78 Å². The van der Waals surface area contributed by atoms with Crippen LogP contribution in [0.1, 0.15) is 94.2 Å². The molecule has 0 unspecified atom stereocenters. The molecule has 31 heavy (non-hydrogen) atoms. The maximum atomic E-state index is 15.0. The number of benzene rings is 2. The molecular formula is C27H33F3O. The van der Waals surface area contributed by atoms with Gasteiger partial charge in [0.1, 0.15) is 0 Å². The Hall–Kier alpha value is -1.97. The second-order valence-corrected chi connectivity index (χ2v) is 9.30. The molecule has 4 rings (SSSR count). The Kier molecular flexibility index (Phi) is 6.64. The van der Waals surface area contributed by atoms with Crippen molar-refractivity contribution in [3.8, 4) is 16.9 Å². The van der Waals surface area contributed by atoms with Crippen molar-refractivity contribution in [1.82, 2.24) is 0 Å². The van der Waals surface area contributed by atoms with E-state index in [2.05, 4.69) is 6.92 Å². The number of fused-ring (bicyclic) bond motifs is 3. The minimum Gasteiger partial charge on any atom is -0.425 e. The molecule has 2 aliphatic rings. The highest BCUT2D eigenvalue weighted by molar-refractivity contribution is 5.77. The normalized spacial score (nSPS) is 21.8. The third-order valence-electron chi connectivity index (χ3n) is 7.11. The fourth-order valence-electron chi connectivity index (χ4n) is 5.31. The van der Waals surface area contributed by atoms with Crippen LogP contribution in [-0.2, 0) is 12.5 Å². The van der Waals surface area contributed by atoms with Gasteiger partial charge in [0.2, 0.25) is 0 Å². The Morgan fingerprint density at radius 2 is 1.68 bits per heavy atom. The molecular weight excluding hydrogens is 397 g/mol. The summed E-state index contributed by atoms with van der Waals surface area (Å²) in [5.74, 6) is 0.116. The molecule has 0 amide bonds. The van der Waals surface area contributed by atoms with E-state index in [1.807, 2.05) is 13.0 Å². The van der Waals surface area contributed by atoms with Gasteiger partial charge < -0.3 is 4.74 Å². The highest BCUT2D eigenvalue weighted by Crippen LogP contribution is 2.50. The van der Waals surface area contributed by atoms with Gasteiger partial charge in [-0.1, -0.05) is 70.2 Å². The Labute approximate surface area is 184 Å². The van der Waals surface area contributed by atoms with Crippen molar-refractivity contribution in [2.24, 2.45) is 5.92 Å². The minimum atomic E-state index is -3.53. The van der Waals surface area contributed by atoms with E-state index in [0.29, 0.717) is 29.0 Å². The SMILES string of the molecule is CCCCCC1CCC(c2ccc3c(c2)C(F)(F)Oc2c-3ccc(CCC)c2F)CC1. The van der Waals surface area contributed by atoms with Crippen LogP contribution in [0.2, 0.25) is 0 Å². The van der Waals surface area contributed by atoms with E-state index in [-0.39, 0.29) is 11.3 Å². The first-order valence-electron chi connectivity index (χ1n) is 12.0. The number of unbranched alkanes of at least 4 members (excludes halogenated alkanes) is 2. The van der Waals surface area contributed by atoms with Crippen LogP contribution in [0.5, 0.6) is 5.75 Å². The molecule has 1 heterocycles. The van der Waals surface area contributed by atoms with Crippen LogP contribution in [0.25, 0.3) is 11.1 Å². The fraction of sp³-hybridized carbons (Fsp3) is 0.556. The molecule has 4 heteroatoms. The van der Waals surface area contributed by atoms with Gasteiger partial charge in [-0.15, -0.1) is 0 Å². The van der Waals surface area contributed by atoms with Crippen molar-refractivity contribution in [2.75, 3.05) is 0 Å². The Morgan fingerprint density at radius 1 is 0.935 bits per heavy atom. The zero-order chi connectivity index (χ0) is 22.0. The smallest absolute Gasteiger partial charge is 0.425 e. The Bertz CT molecular complexity index is 913. The van der Waals surface area contributed by atoms with E-state index in [9.17, 15) is 13.2 Å². The highest BCUT2D eigenvalue weighted by Gasteiger charge is 2.43. The molecule has 1 aliphatic heterocycles. The summed E-state index contributed by atoms with van der Waals surface area (Å²) in [6, 6.07) is 8.73. The molecule has 0 bridgehead atoms. The van der Waals surface area contributed by atoms with E-state index >= 15 is 0 Å². The molecule has 0 saturated heterocycles. The molecule has 2 aromatic rings. The number of rotatable bonds is 7. The zero-order valence-electron chi connectivity index (χ0n) is 18.7. The van der Waals surface area contributed by atoms with Crippen LogP contribution in [0, 0.1) is 11.7 Å². The summed E-state index contributed by atoms with van der Waals surface area (Å²) in [5.41, 5.74) is 2.05. The van der Waals surface area contributed by atoms with Crippen LogP contribution in [0.3, 0.4) is 0 Å². The topological polar surface area (TPSA) is 9.23 Å². The van der Waals surface area contributed by atoms with E-state index in [0.717, 1.165) is 30.7 Å². The van der Waals surface area contributed by atoms with Crippen LogP contribution in [0.15, 0.2) is 30.3 Å². The summed E-state index contributed by atoms with van der Waals surface area (Å²) >= 11 is 0. The Balaban J connectivity index is 1.57. The lowest BCUT2D eigenvalue weighted by Crippen LogP contribution is -2.28. The molecule has 1 fully saturated rings. The lowest BCUT2D eigenvalue weighted by Gasteiger charge is -2.32. The fourth-order valence-corrected chi connectivity index (χ4v) is 5.31. The predicted octanol–water partition coefficient (Wildman–Crippen LogP) is 8.74. The zero-order valence-corrected chi connectivity index (χ0v) is 18.7. The first-order chi connectivity index (χ1) is 14.9. The molecule has 168 valence electrons. The second kappa shape index (κ2) is 9.26. The number of halogens is 3. The lowest BCUT2D eigenvalue weighted by molar-refractivity contribution is -0.188. The first kappa shape index (κ1) is 22.2. The standard InChI is InChI=1S/C27H33F3O/c1-3-5-6-8-18-9-11-19(12-10-18)21-14-15-22-23-16-13-20(7-4-2)25(28)26(23)31-27(29,30)24(22)17-21/h13-19H,3-12H2,1-2H3. The van der Waals surface area contributed by atoms with Gasteiger partial charge in [0.25, 0.3) is 0 Å². The molecule has 1 aliphatic carbocycles. The van der Waals surface area contributed by atoms with Crippen LogP contribution >= 0.6 is 0 Å². The van der Waals surface area contributed by atoms with E-state index < -0.39 is 11.9 Å². The Morgan fingerprint density at radius 3 is 2.39 bits per heavy atom. The van der Waals surface area contributed by atoms with E-state index in [1.165, 1.54) is 38.5 Å². The number of ether oxygens (including phenoxy) is 1. The minimum absolute atomic E-state index is 0.134. The molecule has 0 N–H and O–H groups in total. The second-order valence-electron chi connectivity index (χ2n) is 9.30. The van der Waals surface area contributed by atoms with Gasteiger partial charge in [0, 0.05) is 5.56 Å². The summed E-state index contributed by atoms with van der Waals surface area (Å²) in [4.78, 5) is 0. The third kappa shape index (κ3) is 4.49. The number of hydrogen-bond acceptors (Lipinski definition) is 1. The quantitative estimate of drug-likeness (QED) is 0.399. The summed E-state index contributed by atoms with van der Waals surface area (Å²) in [7, 11) is 0. The highest BCUT2D eigenvalue weighted by atomic mass is 19.3. The van der Waals surface area contributed by atoms with Crippen molar-refractivity contribution in [1.29, 1.82) is 0 Å². The lowest BCUT2D eigenvalue weighted by atomic mass is 9.76. The molecule has 0 atom stereocenters. The largest absolute Gasteiger partial charge is 0.427 e. The maximum absolute atomic E-state index is 15.0. The van der Waals surface area contributed by atoms with Gasteiger partial charge >= 0.3 is 6.11 Å². The van der Waals surface area contributed by atoms with Crippen LogP contribution < -0.4 is 4.74 Å². The van der Waals surface area contributed by atoms with Crippen molar-refractivity contribution in [3.05, 3.63) is 52.8 Å².